The van der Waals surface area contributed by atoms with E-state index >= 15 is 0 Å². The Morgan fingerprint density at radius 2 is 1.97 bits per heavy atom. The van der Waals surface area contributed by atoms with Crippen molar-refractivity contribution in [1.82, 2.24) is 4.98 Å². The number of rotatable bonds is 4. The van der Waals surface area contributed by atoms with Crippen LogP contribution in [-0.2, 0) is 0 Å². The maximum absolute atomic E-state index is 14.4. The Morgan fingerprint density at radius 3 is 2.72 bits per heavy atom. The molecule has 2 heterocycles. The molecule has 0 radical (unpaired) electrons. The SMILES string of the molecule is N#CC1CN(c2cc(OC(F)F)ccc2F)C(=O)N1c1cncc2ccccc12. The maximum atomic E-state index is 14.4. The van der Waals surface area contributed by atoms with Crippen molar-refractivity contribution < 1.29 is 22.7 Å². The first-order chi connectivity index (χ1) is 14.0. The molecule has 9 heteroatoms. The van der Waals surface area contributed by atoms with Gasteiger partial charge in [-0.1, -0.05) is 24.3 Å². The Bertz CT molecular complexity index is 1130. The average molecular weight is 398 g/mol. The fourth-order valence-corrected chi connectivity index (χ4v) is 3.33. The van der Waals surface area contributed by atoms with E-state index < -0.39 is 24.5 Å². The molecule has 2 aromatic carbocycles. The van der Waals surface area contributed by atoms with E-state index in [-0.39, 0.29) is 18.0 Å². The summed E-state index contributed by atoms with van der Waals surface area (Å²) in [6.07, 6.45) is 3.09. The van der Waals surface area contributed by atoms with Crippen molar-refractivity contribution in [3.05, 3.63) is 60.7 Å². The molecular weight excluding hydrogens is 385 g/mol. The Labute approximate surface area is 163 Å². The van der Waals surface area contributed by atoms with Crippen LogP contribution in [0.5, 0.6) is 5.75 Å². The Balaban J connectivity index is 1.77. The maximum Gasteiger partial charge on any atom is 0.387 e. The van der Waals surface area contributed by atoms with Gasteiger partial charge in [0.1, 0.15) is 17.6 Å². The molecule has 1 aliphatic heterocycles. The molecule has 4 rings (SSSR count). The number of urea groups is 1. The van der Waals surface area contributed by atoms with Gasteiger partial charge in [0, 0.05) is 23.0 Å². The highest BCUT2D eigenvalue weighted by atomic mass is 19.3. The van der Waals surface area contributed by atoms with Crippen LogP contribution in [-0.4, -0.2) is 30.2 Å². The number of nitrogens with zero attached hydrogens (tertiary/aromatic N) is 4. The predicted octanol–water partition coefficient (Wildman–Crippen LogP) is 4.31. The second-order valence-electron chi connectivity index (χ2n) is 6.28. The molecule has 0 bridgehead atoms. The predicted molar refractivity (Wildman–Crippen MR) is 99.4 cm³/mol. The molecule has 0 aliphatic carbocycles. The minimum absolute atomic E-state index is 0.145. The number of fused-ring (bicyclic) bond motifs is 1. The van der Waals surface area contributed by atoms with Crippen LogP contribution >= 0.6 is 0 Å². The van der Waals surface area contributed by atoms with Crippen LogP contribution in [0.25, 0.3) is 10.8 Å². The molecule has 0 saturated carbocycles. The lowest BCUT2D eigenvalue weighted by Crippen LogP contribution is -2.35. The lowest BCUT2D eigenvalue weighted by atomic mass is 10.1. The standard InChI is InChI=1S/C20H13F3N4O2/c21-16-6-5-14(29-19(22)23)7-17(16)26-11-13(8-24)27(20(26)28)18-10-25-9-12-3-1-2-4-15(12)18/h1-7,9-10,13,19H,11H2. The lowest BCUT2D eigenvalue weighted by Gasteiger charge is -2.21. The van der Waals surface area contributed by atoms with Gasteiger partial charge in [0.15, 0.2) is 0 Å². The largest absolute Gasteiger partial charge is 0.435 e. The molecule has 1 unspecified atom stereocenters. The van der Waals surface area contributed by atoms with Crippen molar-refractivity contribution in [2.45, 2.75) is 12.7 Å². The van der Waals surface area contributed by atoms with Crippen molar-refractivity contribution >= 4 is 28.2 Å². The first-order valence-corrected chi connectivity index (χ1v) is 8.57. The number of aromatic nitrogens is 1. The number of hydrogen-bond donors (Lipinski definition) is 0. The molecule has 0 spiro atoms. The van der Waals surface area contributed by atoms with Gasteiger partial charge in [0.2, 0.25) is 0 Å². The molecule has 29 heavy (non-hydrogen) atoms. The number of alkyl halides is 2. The van der Waals surface area contributed by atoms with E-state index in [1.54, 1.807) is 18.3 Å². The number of ether oxygens (including phenoxy) is 1. The number of halogens is 3. The van der Waals surface area contributed by atoms with Gasteiger partial charge >= 0.3 is 12.6 Å². The Hall–Kier alpha value is -3.80. The van der Waals surface area contributed by atoms with Crippen LogP contribution in [0.4, 0.5) is 29.3 Å². The number of benzene rings is 2. The molecule has 3 aromatic rings. The topological polar surface area (TPSA) is 69.5 Å². The fraction of sp³-hybridized carbons (Fsp3) is 0.150. The second-order valence-corrected chi connectivity index (χ2v) is 6.28. The van der Waals surface area contributed by atoms with Crippen LogP contribution in [0.2, 0.25) is 0 Å². The van der Waals surface area contributed by atoms with Crippen molar-refractivity contribution in [2.75, 3.05) is 16.3 Å². The van der Waals surface area contributed by atoms with Crippen molar-refractivity contribution in [3.63, 3.8) is 0 Å². The number of amides is 2. The molecule has 1 saturated heterocycles. The van der Waals surface area contributed by atoms with Crippen LogP contribution in [0.1, 0.15) is 0 Å². The summed E-state index contributed by atoms with van der Waals surface area (Å²) in [6, 6.07) is 10.6. The summed E-state index contributed by atoms with van der Waals surface area (Å²) in [4.78, 5) is 19.5. The number of pyridine rings is 1. The summed E-state index contributed by atoms with van der Waals surface area (Å²) in [6.45, 7) is -3.24. The fourth-order valence-electron chi connectivity index (χ4n) is 3.33. The van der Waals surface area contributed by atoms with Gasteiger partial charge in [-0.3, -0.25) is 14.8 Å². The van der Waals surface area contributed by atoms with E-state index in [1.165, 1.54) is 11.1 Å². The van der Waals surface area contributed by atoms with Crippen molar-refractivity contribution in [1.29, 1.82) is 5.26 Å². The third-order valence-corrected chi connectivity index (χ3v) is 4.59. The van der Waals surface area contributed by atoms with Crippen molar-refractivity contribution in [3.8, 4) is 11.8 Å². The summed E-state index contributed by atoms with van der Waals surface area (Å²) in [5.74, 6) is -1.09. The van der Waals surface area contributed by atoms with Gasteiger partial charge in [-0.25, -0.2) is 9.18 Å². The number of carbonyl (C=O) groups excluding carboxylic acids is 1. The number of hydrogen-bond acceptors (Lipinski definition) is 4. The molecule has 6 nitrogen and oxygen atoms in total. The lowest BCUT2D eigenvalue weighted by molar-refractivity contribution is -0.0498. The van der Waals surface area contributed by atoms with E-state index in [0.29, 0.717) is 11.1 Å². The van der Waals surface area contributed by atoms with E-state index in [9.17, 15) is 23.2 Å². The van der Waals surface area contributed by atoms with Gasteiger partial charge < -0.3 is 4.74 Å². The average Bonchev–Trinajstić information content (AvgIpc) is 3.04. The first-order valence-electron chi connectivity index (χ1n) is 8.57. The molecule has 1 fully saturated rings. The second kappa shape index (κ2) is 7.31. The highest BCUT2D eigenvalue weighted by Crippen LogP contribution is 2.35. The Kier molecular flexibility index (Phi) is 4.68. The summed E-state index contributed by atoms with van der Waals surface area (Å²) in [7, 11) is 0. The van der Waals surface area contributed by atoms with Crippen molar-refractivity contribution in [2.24, 2.45) is 0 Å². The number of anilines is 2. The van der Waals surface area contributed by atoms with E-state index in [2.05, 4.69) is 9.72 Å². The third kappa shape index (κ3) is 3.29. The van der Waals surface area contributed by atoms with Crippen LogP contribution in [0.3, 0.4) is 0 Å². The van der Waals surface area contributed by atoms with Gasteiger partial charge in [-0.15, -0.1) is 0 Å². The minimum atomic E-state index is -3.09. The summed E-state index contributed by atoms with van der Waals surface area (Å²) in [5, 5.41) is 11.1. The van der Waals surface area contributed by atoms with E-state index in [1.807, 2.05) is 18.2 Å². The van der Waals surface area contributed by atoms with Gasteiger partial charge in [0.05, 0.1) is 30.2 Å². The highest BCUT2D eigenvalue weighted by Gasteiger charge is 2.41. The summed E-state index contributed by atoms with van der Waals surface area (Å²) < 4.78 is 43.7. The van der Waals surface area contributed by atoms with Crippen LogP contribution in [0.15, 0.2) is 54.9 Å². The number of carbonyl (C=O) groups is 1. The highest BCUT2D eigenvalue weighted by molar-refractivity contribution is 6.11. The smallest absolute Gasteiger partial charge is 0.387 e. The monoisotopic (exact) mass is 398 g/mol. The molecule has 1 aliphatic rings. The molecule has 1 atom stereocenters. The van der Waals surface area contributed by atoms with Gasteiger partial charge in [-0.05, 0) is 12.1 Å². The molecule has 1 aromatic heterocycles. The van der Waals surface area contributed by atoms with Gasteiger partial charge in [-0.2, -0.15) is 14.0 Å². The molecule has 0 N–H and O–H groups in total. The zero-order chi connectivity index (χ0) is 20.5. The van der Waals surface area contributed by atoms with E-state index in [4.69, 9.17) is 0 Å². The molecular formula is C20H13F3N4O2. The molecule has 2 amide bonds. The normalized spacial score (nSPS) is 16.5. The quantitative estimate of drug-likeness (QED) is 0.657. The molecule has 146 valence electrons. The summed E-state index contributed by atoms with van der Waals surface area (Å²) in [5.41, 5.74) is 0.159. The Morgan fingerprint density at radius 1 is 1.17 bits per heavy atom. The zero-order valence-corrected chi connectivity index (χ0v) is 14.8. The minimum Gasteiger partial charge on any atom is -0.435 e. The number of nitriles is 1. The first kappa shape index (κ1) is 18.6. The zero-order valence-electron chi connectivity index (χ0n) is 14.8. The van der Waals surface area contributed by atoms with Gasteiger partial charge in [0.25, 0.3) is 0 Å². The van der Waals surface area contributed by atoms with Crippen LogP contribution in [0, 0.1) is 17.1 Å². The van der Waals surface area contributed by atoms with Crippen LogP contribution < -0.4 is 14.5 Å². The summed E-state index contributed by atoms with van der Waals surface area (Å²) >= 11 is 0. The van der Waals surface area contributed by atoms with E-state index in [0.717, 1.165) is 28.5 Å². The third-order valence-electron chi connectivity index (χ3n) is 4.59.